The zero-order chi connectivity index (χ0) is 12.5. The molecule has 0 heterocycles. The minimum atomic E-state index is -0.276. The van der Waals surface area contributed by atoms with Crippen molar-refractivity contribution < 1.29 is 14.0 Å². The Bertz CT molecular complexity index is 313. The molecular formula is C14H23FNO+. The van der Waals surface area contributed by atoms with Gasteiger partial charge in [-0.3, -0.25) is 0 Å². The van der Waals surface area contributed by atoms with Gasteiger partial charge in [0.15, 0.2) is 11.6 Å². The number of hydrogen-bond donors (Lipinski definition) is 1. The zero-order valence-electron chi connectivity index (χ0n) is 10.8. The van der Waals surface area contributed by atoms with Gasteiger partial charge in [-0.15, -0.1) is 0 Å². The third kappa shape index (κ3) is 5.18. The summed E-state index contributed by atoms with van der Waals surface area (Å²) >= 11 is 0. The SMILES string of the molecule is CC[NH+](CC)CCCCOc1ccccc1F. The molecule has 0 aliphatic rings. The summed E-state index contributed by atoms with van der Waals surface area (Å²) in [6.45, 7) is 8.52. The lowest BCUT2D eigenvalue weighted by Gasteiger charge is -2.15. The van der Waals surface area contributed by atoms with Gasteiger partial charge in [-0.05, 0) is 38.8 Å². The molecule has 0 atom stereocenters. The quantitative estimate of drug-likeness (QED) is 0.685. The molecule has 1 aromatic rings. The van der Waals surface area contributed by atoms with Crippen molar-refractivity contribution in [2.75, 3.05) is 26.2 Å². The van der Waals surface area contributed by atoms with E-state index < -0.39 is 0 Å². The first-order valence-electron chi connectivity index (χ1n) is 6.48. The van der Waals surface area contributed by atoms with Crippen LogP contribution in [0.25, 0.3) is 0 Å². The van der Waals surface area contributed by atoms with Gasteiger partial charge in [0.2, 0.25) is 0 Å². The lowest BCUT2D eigenvalue weighted by molar-refractivity contribution is -0.896. The summed E-state index contributed by atoms with van der Waals surface area (Å²) in [5.74, 6) is 0.0876. The maximum absolute atomic E-state index is 13.2. The highest BCUT2D eigenvalue weighted by Crippen LogP contribution is 2.15. The highest BCUT2D eigenvalue weighted by molar-refractivity contribution is 5.23. The fraction of sp³-hybridized carbons (Fsp3) is 0.571. The van der Waals surface area contributed by atoms with Crippen LogP contribution in [0.4, 0.5) is 4.39 Å². The van der Waals surface area contributed by atoms with Crippen molar-refractivity contribution in [3.8, 4) is 5.75 Å². The molecule has 0 amide bonds. The van der Waals surface area contributed by atoms with E-state index in [-0.39, 0.29) is 5.82 Å². The Kier molecular flexibility index (Phi) is 6.63. The normalized spacial score (nSPS) is 10.8. The summed E-state index contributed by atoms with van der Waals surface area (Å²) in [6.07, 6.45) is 2.11. The van der Waals surface area contributed by atoms with Crippen molar-refractivity contribution in [3.63, 3.8) is 0 Å². The molecule has 0 bridgehead atoms. The van der Waals surface area contributed by atoms with Crippen molar-refractivity contribution in [1.82, 2.24) is 0 Å². The van der Waals surface area contributed by atoms with Gasteiger partial charge in [0.05, 0.1) is 26.2 Å². The average Bonchev–Trinajstić information content (AvgIpc) is 2.36. The summed E-state index contributed by atoms with van der Waals surface area (Å²) in [7, 11) is 0. The van der Waals surface area contributed by atoms with Crippen molar-refractivity contribution in [3.05, 3.63) is 30.1 Å². The van der Waals surface area contributed by atoms with Gasteiger partial charge in [-0.25, -0.2) is 4.39 Å². The first kappa shape index (κ1) is 14.0. The Morgan fingerprint density at radius 3 is 2.47 bits per heavy atom. The molecule has 0 fully saturated rings. The Labute approximate surface area is 103 Å². The highest BCUT2D eigenvalue weighted by atomic mass is 19.1. The lowest BCUT2D eigenvalue weighted by Crippen LogP contribution is -3.11. The van der Waals surface area contributed by atoms with Crippen LogP contribution in [0.3, 0.4) is 0 Å². The van der Waals surface area contributed by atoms with Crippen molar-refractivity contribution in [2.24, 2.45) is 0 Å². The summed E-state index contributed by atoms with van der Waals surface area (Å²) in [5.41, 5.74) is 0. The van der Waals surface area contributed by atoms with E-state index >= 15 is 0 Å². The third-order valence-electron chi connectivity index (χ3n) is 3.02. The molecular weight excluding hydrogens is 217 g/mol. The first-order chi connectivity index (χ1) is 8.27. The number of rotatable bonds is 8. The molecule has 0 aliphatic carbocycles. The topological polar surface area (TPSA) is 13.7 Å². The molecule has 0 aliphatic heterocycles. The van der Waals surface area contributed by atoms with Crippen LogP contribution < -0.4 is 9.64 Å². The Morgan fingerprint density at radius 1 is 1.12 bits per heavy atom. The third-order valence-corrected chi connectivity index (χ3v) is 3.02. The summed E-state index contributed by atoms with van der Waals surface area (Å²) in [6, 6.07) is 6.56. The molecule has 1 N–H and O–H groups in total. The van der Waals surface area contributed by atoms with Gasteiger partial charge in [0.1, 0.15) is 0 Å². The van der Waals surface area contributed by atoms with Gasteiger partial charge < -0.3 is 9.64 Å². The van der Waals surface area contributed by atoms with Crippen LogP contribution in [-0.2, 0) is 0 Å². The first-order valence-corrected chi connectivity index (χ1v) is 6.48. The maximum atomic E-state index is 13.2. The number of hydrogen-bond acceptors (Lipinski definition) is 1. The van der Waals surface area contributed by atoms with Crippen LogP contribution in [-0.4, -0.2) is 26.2 Å². The average molecular weight is 240 g/mol. The highest BCUT2D eigenvalue weighted by Gasteiger charge is 2.03. The van der Waals surface area contributed by atoms with Crippen molar-refractivity contribution >= 4 is 0 Å². The minimum Gasteiger partial charge on any atom is -0.491 e. The maximum Gasteiger partial charge on any atom is 0.165 e. The van der Waals surface area contributed by atoms with Crippen molar-refractivity contribution in [1.29, 1.82) is 0 Å². The number of halogens is 1. The molecule has 0 saturated heterocycles. The Balaban J connectivity index is 2.14. The van der Waals surface area contributed by atoms with Gasteiger partial charge in [-0.1, -0.05) is 12.1 Å². The molecule has 0 radical (unpaired) electrons. The number of unbranched alkanes of at least 4 members (excludes halogenated alkanes) is 1. The van der Waals surface area contributed by atoms with E-state index in [9.17, 15) is 4.39 Å². The number of benzene rings is 1. The van der Waals surface area contributed by atoms with Crippen LogP contribution in [0.15, 0.2) is 24.3 Å². The van der Waals surface area contributed by atoms with E-state index in [1.165, 1.54) is 25.7 Å². The second-order valence-corrected chi connectivity index (χ2v) is 4.19. The van der Waals surface area contributed by atoms with Gasteiger partial charge in [0, 0.05) is 0 Å². The second kappa shape index (κ2) is 8.07. The number of nitrogens with one attached hydrogen (secondary N) is 1. The fourth-order valence-electron chi connectivity index (χ4n) is 1.82. The van der Waals surface area contributed by atoms with E-state index in [0.717, 1.165) is 12.8 Å². The van der Waals surface area contributed by atoms with E-state index in [2.05, 4.69) is 13.8 Å². The molecule has 17 heavy (non-hydrogen) atoms. The molecule has 0 aromatic heterocycles. The molecule has 1 aromatic carbocycles. The van der Waals surface area contributed by atoms with Crippen LogP contribution in [0.2, 0.25) is 0 Å². The molecule has 3 heteroatoms. The lowest BCUT2D eigenvalue weighted by atomic mass is 10.3. The predicted octanol–water partition coefficient (Wildman–Crippen LogP) is 1.91. The predicted molar refractivity (Wildman–Crippen MR) is 68.0 cm³/mol. The Hall–Kier alpha value is -1.09. The smallest absolute Gasteiger partial charge is 0.165 e. The molecule has 2 nitrogen and oxygen atoms in total. The fourth-order valence-corrected chi connectivity index (χ4v) is 1.82. The summed E-state index contributed by atoms with van der Waals surface area (Å²) < 4.78 is 18.6. The van der Waals surface area contributed by atoms with E-state index in [0.29, 0.717) is 12.4 Å². The zero-order valence-corrected chi connectivity index (χ0v) is 10.8. The van der Waals surface area contributed by atoms with Gasteiger partial charge >= 0.3 is 0 Å². The van der Waals surface area contributed by atoms with Gasteiger partial charge in [0.25, 0.3) is 0 Å². The van der Waals surface area contributed by atoms with E-state index in [4.69, 9.17) is 4.74 Å². The molecule has 1 rings (SSSR count). The summed E-state index contributed by atoms with van der Waals surface area (Å²) in [5, 5.41) is 0. The Morgan fingerprint density at radius 2 is 1.82 bits per heavy atom. The monoisotopic (exact) mass is 240 g/mol. The molecule has 96 valence electrons. The van der Waals surface area contributed by atoms with E-state index in [1.807, 2.05) is 0 Å². The summed E-state index contributed by atoms with van der Waals surface area (Å²) in [4.78, 5) is 1.61. The van der Waals surface area contributed by atoms with Gasteiger partial charge in [-0.2, -0.15) is 0 Å². The van der Waals surface area contributed by atoms with Crippen LogP contribution >= 0.6 is 0 Å². The second-order valence-electron chi connectivity index (χ2n) is 4.19. The number of ether oxygens (including phenoxy) is 1. The molecule has 0 unspecified atom stereocenters. The molecule has 0 saturated carbocycles. The van der Waals surface area contributed by atoms with Crippen molar-refractivity contribution in [2.45, 2.75) is 26.7 Å². The number of para-hydroxylation sites is 1. The van der Waals surface area contributed by atoms with Crippen LogP contribution in [0.1, 0.15) is 26.7 Å². The standard InChI is InChI=1S/C14H22FNO/c1-3-16(4-2)11-7-8-12-17-14-10-6-5-9-13(14)15/h5-6,9-10H,3-4,7-8,11-12H2,1-2H3/p+1. The van der Waals surface area contributed by atoms with E-state index in [1.54, 1.807) is 23.1 Å². The van der Waals surface area contributed by atoms with Crippen LogP contribution in [0, 0.1) is 5.82 Å². The minimum absolute atomic E-state index is 0.276. The number of quaternary nitrogens is 1. The molecule has 0 spiro atoms. The van der Waals surface area contributed by atoms with Crippen LogP contribution in [0.5, 0.6) is 5.75 Å². The largest absolute Gasteiger partial charge is 0.491 e.